The number of aliphatic carboxylic acids is 1. The maximum atomic E-state index is 10.6. The van der Waals surface area contributed by atoms with Gasteiger partial charge in [-0.25, -0.2) is 4.79 Å². The van der Waals surface area contributed by atoms with E-state index in [0.717, 1.165) is 16.7 Å². The number of benzene rings is 2. The molecule has 6 heteroatoms. The number of rotatable bonds is 6. The summed E-state index contributed by atoms with van der Waals surface area (Å²) < 4.78 is 0. The van der Waals surface area contributed by atoms with E-state index < -0.39 is 18.1 Å². The van der Waals surface area contributed by atoms with E-state index in [0.29, 0.717) is 16.5 Å². The molecule has 0 saturated carbocycles. The third-order valence-corrected chi connectivity index (χ3v) is 4.07. The molecule has 4 N–H and O–H groups in total. The molecule has 0 bridgehead atoms. The molecule has 0 aromatic heterocycles. The summed E-state index contributed by atoms with van der Waals surface area (Å²) in [5.41, 5.74) is 8.61. The summed E-state index contributed by atoms with van der Waals surface area (Å²) in [5, 5.41) is 19.2. The van der Waals surface area contributed by atoms with Crippen LogP contribution in [0.1, 0.15) is 12.0 Å². The van der Waals surface area contributed by atoms with Gasteiger partial charge in [0.25, 0.3) is 0 Å². The Hall–Kier alpha value is -1.59. The molecule has 0 amide bonds. The molecular weight excluding hydrogens is 337 g/mol. The summed E-state index contributed by atoms with van der Waals surface area (Å²) >= 11 is 12.2. The van der Waals surface area contributed by atoms with Gasteiger partial charge in [0.15, 0.2) is 6.10 Å². The lowest BCUT2D eigenvalue weighted by molar-refractivity contribution is -0.147. The molecule has 0 aliphatic heterocycles. The van der Waals surface area contributed by atoms with Crippen LogP contribution < -0.4 is 5.73 Å². The average Bonchev–Trinajstić information content (AvgIpc) is 2.50. The van der Waals surface area contributed by atoms with Gasteiger partial charge in [-0.1, -0.05) is 47.5 Å². The summed E-state index contributed by atoms with van der Waals surface area (Å²) in [7, 11) is 0. The highest BCUT2D eigenvalue weighted by molar-refractivity contribution is 6.35. The lowest BCUT2D eigenvalue weighted by atomic mass is 9.98. The number of carboxylic acid groups (broad SMARTS) is 1. The van der Waals surface area contributed by atoms with Crippen molar-refractivity contribution >= 4 is 29.2 Å². The van der Waals surface area contributed by atoms with E-state index >= 15 is 0 Å². The second kappa shape index (κ2) is 7.79. The first-order chi connectivity index (χ1) is 10.9. The Labute approximate surface area is 144 Å². The second-order valence-electron chi connectivity index (χ2n) is 5.38. The highest BCUT2D eigenvalue weighted by Gasteiger charge is 2.17. The van der Waals surface area contributed by atoms with Crippen molar-refractivity contribution in [2.24, 2.45) is 5.73 Å². The van der Waals surface area contributed by atoms with Gasteiger partial charge >= 0.3 is 5.97 Å². The Morgan fingerprint density at radius 3 is 2.39 bits per heavy atom. The Morgan fingerprint density at radius 1 is 1.13 bits per heavy atom. The minimum Gasteiger partial charge on any atom is -0.479 e. The number of carbonyl (C=O) groups is 1. The van der Waals surface area contributed by atoms with Crippen LogP contribution in [0.4, 0.5) is 0 Å². The number of aliphatic hydroxyl groups is 1. The smallest absolute Gasteiger partial charge is 0.332 e. The van der Waals surface area contributed by atoms with Crippen molar-refractivity contribution in [3.05, 3.63) is 58.1 Å². The quantitative estimate of drug-likeness (QED) is 0.743. The first-order valence-electron chi connectivity index (χ1n) is 7.07. The monoisotopic (exact) mass is 353 g/mol. The van der Waals surface area contributed by atoms with Crippen LogP contribution in [0.25, 0.3) is 11.1 Å². The van der Waals surface area contributed by atoms with E-state index in [-0.39, 0.29) is 6.42 Å². The van der Waals surface area contributed by atoms with Gasteiger partial charge in [-0.05, 0) is 42.2 Å². The van der Waals surface area contributed by atoms with Crippen molar-refractivity contribution in [3.8, 4) is 11.1 Å². The zero-order chi connectivity index (χ0) is 17.0. The summed E-state index contributed by atoms with van der Waals surface area (Å²) in [6, 6.07) is 12.5. The normalized spacial score (nSPS) is 13.6. The standard InChI is InChI=1S/C17H17Cl2NO3/c18-12-5-6-15(19)14(8-12)11-3-1-10(2-4-11)7-13(20)9-16(21)17(22)23/h1-6,8,13,16,21H,7,9,20H2,(H,22,23)/t13-,16-/m1/s1. The van der Waals surface area contributed by atoms with Gasteiger partial charge in [-0.15, -0.1) is 0 Å². The molecule has 2 atom stereocenters. The molecule has 0 radical (unpaired) electrons. The van der Waals surface area contributed by atoms with Gasteiger partial charge in [-0.3, -0.25) is 0 Å². The van der Waals surface area contributed by atoms with Crippen LogP contribution in [0.3, 0.4) is 0 Å². The maximum absolute atomic E-state index is 10.6. The van der Waals surface area contributed by atoms with Gasteiger partial charge in [0, 0.05) is 21.7 Å². The molecule has 4 nitrogen and oxygen atoms in total. The van der Waals surface area contributed by atoms with Gasteiger partial charge < -0.3 is 15.9 Å². The summed E-state index contributed by atoms with van der Waals surface area (Å²) in [6.45, 7) is 0. The maximum Gasteiger partial charge on any atom is 0.332 e. The van der Waals surface area contributed by atoms with E-state index in [9.17, 15) is 9.90 Å². The number of hydrogen-bond donors (Lipinski definition) is 3. The number of aliphatic hydroxyl groups excluding tert-OH is 1. The number of hydrogen-bond acceptors (Lipinski definition) is 3. The lowest BCUT2D eigenvalue weighted by Gasteiger charge is -2.14. The van der Waals surface area contributed by atoms with Crippen molar-refractivity contribution in [2.45, 2.75) is 25.0 Å². The zero-order valence-corrected chi connectivity index (χ0v) is 13.8. The Morgan fingerprint density at radius 2 is 1.78 bits per heavy atom. The molecule has 0 unspecified atom stereocenters. The van der Waals surface area contributed by atoms with Crippen molar-refractivity contribution in [3.63, 3.8) is 0 Å². The first kappa shape index (κ1) is 17.8. The largest absolute Gasteiger partial charge is 0.479 e. The zero-order valence-electron chi connectivity index (χ0n) is 12.2. The van der Waals surface area contributed by atoms with Crippen LogP contribution in [-0.2, 0) is 11.2 Å². The van der Waals surface area contributed by atoms with Crippen molar-refractivity contribution in [1.29, 1.82) is 0 Å². The summed E-state index contributed by atoms with van der Waals surface area (Å²) in [4.78, 5) is 10.6. The third-order valence-electron chi connectivity index (χ3n) is 3.50. The minimum absolute atomic E-state index is 0.0111. The molecule has 2 aromatic carbocycles. The number of halogens is 2. The fourth-order valence-corrected chi connectivity index (χ4v) is 2.71. The Balaban J connectivity index is 2.07. The Bertz CT molecular complexity index is 689. The highest BCUT2D eigenvalue weighted by atomic mass is 35.5. The second-order valence-corrected chi connectivity index (χ2v) is 6.22. The highest BCUT2D eigenvalue weighted by Crippen LogP contribution is 2.30. The molecule has 0 aliphatic rings. The van der Waals surface area contributed by atoms with Crippen LogP contribution in [-0.4, -0.2) is 28.3 Å². The fraction of sp³-hybridized carbons (Fsp3) is 0.235. The van der Waals surface area contributed by atoms with Crippen molar-refractivity contribution in [1.82, 2.24) is 0 Å². The van der Waals surface area contributed by atoms with E-state index in [1.54, 1.807) is 18.2 Å². The minimum atomic E-state index is -1.44. The molecule has 2 aromatic rings. The third kappa shape index (κ3) is 4.94. The van der Waals surface area contributed by atoms with Crippen molar-refractivity contribution < 1.29 is 15.0 Å². The van der Waals surface area contributed by atoms with Gasteiger partial charge in [0.1, 0.15) is 0 Å². The summed E-state index contributed by atoms with van der Waals surface area (Å²) in [5.74, 6) is -1.26. The van der Waals surface area contributed by atoms with Crippen molar-refractivity contribution in [2.75, 3.05) is 0 Å². The fourth-order valence-electron chi connectivity index (χ4n) is 2.31. The molecule has 23 heavy (non-hydrogen) atoms. The van der Waals surface area contributed by atoms with E-state index in [1.165, 1.54) is 0 Å². The molecule has 0 saturated heterocycles. The molecule has 0 spiro atoms. The molecule has 0 heterocycles. The lowest BCUT2D eigenvalue weighted by Crippen LogP contribution is -2.32. The van der Waals surface area contributed by atoms with Gasteiger partial charge in [0.05, 0.1) is 0 Å². The number of carboxylic acids is 1. The first-order valence-corrected chi connectivity index (χ1v) is 7.83. The molecule has 0 fully saturated rings. The Kier molecular flexibility index (Phi) is 6.02. The van der Waals surface area contributed by atoms with E-state index in [2.05, 4.69) is 0 Å². The predicted molar refractivity (Wildman–Crippen MR) is 91.8 cm³/mol. The molecular formula is C17H17Cl2NO3. The molecule has 2 rings (SSSR count). The molecule has 0 aliphatic carbocycles. The average molecular weight is 354 g/mol. The van der Waals surface area contributed by atoms with E-state index in [1.807, 2.05) is 24.3 Å². The topological polar surface area (TPSA) is 83.5 Å². The van der Waals surface area contributed by atoms with Crippen LogP contribution in [0.5, 0.6) is 0 Å². The SMILES string of the molecule is N[C@H](Cc1ccc(-c2cc(Cl)ccc2Cl)cc1)C[C@@H](O)C(=O)O. The van der Waals surface area contributed by atoms with Crippen LogP contribution in [0.2, 0.25) is 10.0 Å². The van der Waals surface area contributed by atoms with Crippen LogP contribution in [0.15, 0.2) is 42.5 Å². The predicted octanol–water partition coefficient (Wildman–Crippen LogP) is 3.37. The van der Waals surface area contributed by atoms with Crippen LogP contribution in [0, 0.1) is 0 Å². The van der Waals surface area contributed by atoms with Crippen LogP contribution >= 0.6 is 23.2 Å². The molecule has 122 valence electrons. The number of nitrogens with two attached hydrogens (primary N) is 1. The summed E-state index contributed by atoms with van der Waals surface area (Å²) in [6.07, 6.45) is -0.944. The van der Waals surface area contributed by atoms with Gasteiger partial charge in [0.2, 0.25) is 0 Å². The van der Waals surface area contributed by atoms with Gasteiger partial charge in [-0.2, -0.15) is 0 Å². The van der Waals surface area contributed by atoms with E-state index in [4.69, 9.17) is 34.0 Å².